The van der Waals surface area contributed by atoms with E-state index in [2.05, 4.69) is 22.6 Å². The number of rotatable bonds is 2. The SMILES string of the molecule is CC(=O)c1cc(C)cc(I)c1C=O. The molecule has 0 bridgehead atoms. The predicted octanol–water partition coefficient (Wildman–Crippen LogP) is 2.61. The van der Waals surface area contributed by atoms with Gasteiger partial charge in [-0.3, -0.25) is 9.59 Å². The third kappa shape index (κ3) is 2.15. The van der Waals surface area contributed by atoms with Gasteiger partial charge in [0, 0.05) is 14.7 Å². The van der Waals surface area contributed by atoms with E-state index in [1.807, 2.05) is 13.0 Å². The monoisotopic (exact) mass is 288 g/mol. The van der Waals surface area contributed by atoms with Crippen molar-refractivity contribution in [1.29, 1.82) is 0 Å². The Morgan fingerprint density at radius 2 is 2.08 bits per heavy atom. The van der Waals surface area contributed by atoms with E-state index in [9.17, 15) is 9.59 Å². The molecule has 0 aromatic heterocycles. The molecule has 3 heteroatoms. The Kier molecular flexibility index (Phi) is 3.19. The van der Waals surface area contributed by atoms with Crippen LogP contribution in [0.5, 0.6) is 0 Å². The minimum atomic E-state index is -0.0660. The van der Waals surface area contributed by atoms with E-state index in [1.54, 1.807) is 6.07 Å². The minimum Gasteiger partial charge on any atom is -0.298 e. The summed E-state index contributed by atoms with van der Waals surface area (Å²) in [5, 5.41) is 0. The van der Waals surface area contributed by atoms with Gasteiger partial charge in [-0.2, -0.15) is 0 Å². The standard InChI is InChI=1S/C10H9IO2/c1-6-3-8(7(2)13)9(5-12)10(11)4-6/h3-5H,1-2H3. The highest BCUT2D eigenvalue weighted by atomic mass is 127. The number of carbonyl (C=O) groups is 2. The highest BCUT2D eigenvalue weighted by Gasteiger charge is 2.10. The van der Waals surface area contributed by atoms with Gasteiger partial charge in [0.2, 0.25) is 0 Å². The van der Waals surface area contributed by atoms with Crippen LogP contribution >= 0.6 is 22.6 Å². The maximum Gasteiger partial charge on any atom is 0.160 e. The predicted molar refractivity (Wildman–Crippen MR) is 59.3 cm³/mol. The smallest absolute Gasteiger partial charge is 0.160 e. The lowest BCUT2D eigenvalue weighted by Gasteiger charge is -2.04. The summed E-state index contributed by atoms with van der Waals surface area (Å²) in [5.74, 6) is -0.0660. The van der Waals surface area contributed by atoms with E-state index in [-0.39, 0.29) is 5.78 Å². The van der Waals surface area contributed by atoms with Crippen molar-refractivity contribution in [2.75, 3.05) is 0 Å². The molecule has 0 saturated carbocycles. The van der Waals surface area contributed by atoms with Crippen LogP contribution in [-0.2, 0) is 0 Å². The second-order valence-electron chi connectivity index (χ2n) is 2.88. The number of carbonyl (C=O) groups excluding carboxylic acids is 2. The van der Waals surface area contributed by atoms with Crippen molar-refractivity contribution in [3.63, 3.8) is 0 Å². The van der Waals surface area contributed by atoms with Crippen LogP contribution < -0.4 is 0 Å². The number of hydrogen-bond donors (Lipinski definition) is 0. The first-order valence-corrected chi connectivity index (χ1v) is 4.90. The first kappa shape index (κ1) is 10.4. The van der Waals surface area contributed by atoms with E-state index < -0.39 is 0 Å². The quantitative estimate of drug-likeness (QED) is 0.476. The van der Waals surface area contributed by atoms with Crippen LogP contribution in [0, 0.1) is 10.5 Å². The van der Waals surface area contributed by atoms with Crippen LogP contribution in [0.4, 0.5) is 0 Å². The molecule has 0 spiro atoms. The molecule has 0 radical (unpaired) electrons. The maximum atomic E-state index is 11.2. The van der Waals surface area contributed by atoms with Gasteiger partial charge in [0.1, 0.15) is 0 Å². The van der Waals surface area contributed by atoms with Gasteiger partial charge in [0.25, 0.3) is 0 Å². The molecule has 13 heavy (non-hydrogen) atoms. The van der Waals surface area contributed by atoms with Crippen molar-refractivity contribution < 1.29 is 9.59 Å². The van der Waals surface area contributed by atoms with Crippen LogP contribution in [-0.4, -0.2) is 12.1 Å². The summed E-state index contributed by atoms with van der Waals surface area (Å²) in [4.78, 5) is 21.9. The molecule has 0 saturated heterocycles. The maximum absolute atomic E-state index is 11.2. The van der Waals surface area contributed by atoms with Crippen molar-refractivity contribution >= 4 is 34.7 Å². The van der Waals surface area contributed by atoms with Gasteiger partial charge in [-0.05, 0) is 54.1 Å². The molecule has 0 aliphatic carbocycles. The van der Waals surface area contributed by atoms with Gasteiger partial charge in [0.05, 0.1) is 0 Å². The summed E-state index contributed by atoms with van der Waals surface area (Å²) >= 11 is 2.06. The van der Waals surface area contributed by atoms with E-state index >= 15 is 0 Å². The summed E-state index contributed by atoms with van der Waals surface area (Å²) in [6, 6.07) is 3.63. The first-order valence-electron chi connectivity index (χ1n) is 3.82. The van der Waals surface area contributed by atoms with E-state index in [4.69, 9.17) is 0 Å². The molecule has 1 aromatic carbocycles. The largest absolute Gasteiger partial charge is 0.298 e. The molecule has 0 heterocycles. The van der Waals surface area contributed by atoms with Gasteiger partial charge >= 0.3 is 0 Å². The summed E-state index contributed by atoms with van der Waals surface area (Å²) in [6.45, 7) is 3.38. The second kappa shape index (κ2) is 4.00. The van der Waals surface area contributed by atoms with Crippen molar-refractivity contribution in [3.8, 4) is 0 Å². The van der Waals surface area contributed by atoms with Gasteiger partial charge < -0.3 is 0 Å². The van der Waals surface area contributed by atoms with Crippen LogP contribution in [0.25, 0.3) is 0 Å². The van der Waals surface area contributed by atoms with E-state index in [1.165, 1.54) is 6.92 Å². The molecule has 2 nitrogen and oxygen atoms in total. The second-order valence-corrected chi connectivity index (χ2v) is 4.04. The Bertz CT molecular complexity index is 369. The van der Waals surface area contributed by atoms with Crippen LogP contribution in [0.2, 0.25) is 0 Å². The number of halogens is 1. The fraction of sp³-hybridized carbons (Fsp3) is 0.200. The number of benzene rings is 1. The molecule has 0 fully saturated rings. The number of Topliss-reactive ketones (excluding diaryl/α,β-unsaturated/α-hetero) is 1. The Balaban J connectivity index is 3.46. The summed E-state index contributed by atoms with van der Waals surface area (Å²) in [6.07, 6.45) is 0.734. The Hall–Kier alpha value is -0.710. The lowest BCUT2D eigenvalue weighted by molar-refractivity contribution is 0.100. The van der Waals surface area contributed by atoms with Crippen molar-refractivity contribution in [1.82, 2.24) is 0 Å². The molecule has 0 aliphatic heterocycles. The van der Waals surface area contributed by atoms with Gasteiger partial charge in [-0.25, -0.2) is 0 Å². The van der Waals surface area contributed by atoms with Crippen molar-refractivity contribution in [3.05, 3.63) is 32.4 Å². The molecule has 0 amide bonds. The number of aldehydes is 1. The van der Waals surface area contributed by atoms with E-state index in [0.717, 1.165) is 15.4 Å². The molecular formula is C10H9IO2. The summed E-state index contributed by atoms with van der Waals surface area (Å²) in [5.41, 5.74) is 2.01. The van der Waals surface area contributed by atoms with Crippen molar-refractivity contribution in [2.45, 2.75) is 13.8 Å². The number of aryl methyl sites for hydroxylation is 1. The molecule has 0 N–H and O–H groups in total. The third-order valence-electron chi connectivity index (χ3n) is 1.77. The molecule has 1 aromatic rings. The molecule has 68 valence electrons. The van der Waals surface area contributed by atoms with E-state index in [0.29, 0.717) is 11.1 Å². The van der Waals surface area contributed by atoms with Gasteiger partial charge in [-0.15, -0.1) is 0 Å². The zero-order valence-corrected chi connectivity index (χ0v) is 9.58. The topological polar surface area (TPSA) is 34.1 Å². The lowest BCUT2D eigenvalue weighted by Crippen LogP contribution is -2.02. The average molecular weight is 288 g/mol. The van der Waals surface area contributed by atoms with Crippen LogP contribution in [0.3, 0.4) is 0 Å². The first-order chi connectivity index (χ1) is 6.06. The fourth-order valence-corrected chi connectivity index (χ4v) is 2.07. The van der Waals surface area contributed by atoms with Gasteiger partial charge in [0.15, 0.2) is 12.1 Å². The molecule has 1 rings (SSSR count). The summed E-state index contributed by atoms with van der Waals surface area (Å²) < 4.78 is 0.831. The molecule has 0 atom stereocenters. The Labute approximate surface area is 90.5 Å². The Morgan fingerprint density at radius 1 is 1.46 bits per heavy atom. The van der Waals surface area contributed by atoms with Gasteiger partial charge in [-0.1, -0.05) is 0 Å². The fourth-order valence-electron chi connectivity index (χ4n) is 1.16. The van der Waals surface area contributed by atoms with Crippen LogP contribution in [0.1, 0.15) is 33.2 Å². The highest BCUT2D eigenvalue weighted by Crippen LogP contribution is 2.18. The number of hydrogen-bond acceptors (Lipinski definition) is 2. The molecule has 0 unspecified atom stereocenters. The average Bonchev–Trinajstić information content (AvgIpc) is 2.02. The summed E-state index contributed by atoms with van der Waals surface area (Å²) in [7, 11) is 0. The number of ketones is 1. The van der Waals surface area contributed by atoms with Crippen molar-refractivity contribution in [2.24, 2.45) is 0 Å². The lowest BCUT2D eigenvalue weighted by atomic mass is 10.0. The van der Waals surface area contributed by atoms with Crippen LogP contribution in [0.15, 0.2) is 12.1 Å². The zero-order valence-electron chi connectivity index (χ0n) is 7.43. The normalized spacial score (nSPS) is 9.77. The third-order valence-corrected chi connectivity index (χ3v) is 2.66. The zero-order chi connectivity index (χ0) is 10.0. The minimum absolute atomic E-state index is 0.0660. The molecular weight excluding hydrogens is 279 g/mol. The highest BCUT2D eigenvalue weighted by molar-refractivity contribution is 14.1. The Morgan fingerprint density at radius 3 is 2.54 bits per heavy atom. The molecule has 0 aliphatic rings.